The monoisotopic (exact) mass is 521 g/mol. The highest BCUT2D eigenvalue weighted by molar-refractivity contribution is 5.97. The van der Waals surface area contributed by atoms with Crippen LogP contribution in [0.1, 0.15) is 21.5 Å². The van der Waals surface area contributed by atoms with E-state index in [1.54, 1.807) is 24.3 Å². The average molecular weight is 522 g/mol. The molecule has 1 heterocycles. The van der Waals surface area contributed by atoms with Gasteiger partial charge in [-0.05, 0) is 35.7 Å². The first-order valence-electron chi connectivity index (χ1n) is 12.1. The molecule has 10 nitrogen and oxygen atoms in total. The second-order valence-electron chi connectivity index (χ2n) is 8.60. The number of methoxy groups -OCH3 is 3. The van der Waals surface area contributed by atoms with Crippen LogP contribution in [0.4, 0.5) is 10.5 Å². The van der Waals surface area contributed by atoms with Gasteiger partial charge < -0.3 is 29.2 Å². The van der Waals surface area contributed by atoms with Crippen LogP contribution in [-0.4, -0.2) is 68.1 Å². The van der Waals surface area contributed by atoms with Crippen LogP contribution in [0.15, 0.2) is 60.7 Å². The maximum Gasteiger partial charge on any atom is 0.345 e. The number of anilines is 1. The number of ether oxygens (including phenoxy) is 4. The van der Waals surface area contributed by atoms with Crippen molar-refractivity contribution in [3.05, 3.63) is 77.4 Å². The van der Waals surface area contributed by atoms with Gasteiger partial charge in [0.15, 0.2) is 11.5 Å². The fourth-order valence-corrected chi connectivity index (χ4v) is 4.25. The van der Waals surface area contributed by atoms with Gasteiger partial charge in [0.25, 0.3) is 5.91 Å². The topological polar surface area (TPSA) is 110 Å². The number of hydrogen-bond acceptors (Lipinski definition) is 7. The molecule has 0 radical (unpaired) electrons. The molecule has 0 fully saturated rings. The van der Waals surface area contributed by atoms with Gasteiger partial charge in [0.1, 0.15) is 12.4 Å². The Kier molecular flexibility index (Phi) is 8.55. The highest BCUT2D eigenvalue weighted by Gasteiger charge is 2.25. The largest absolute Gasteiger partial charge is 0.493 e. The summed E-state index contributed by atoms with van der Waals surface area (Å²) in [4.78, 5) is 27.2. The zero-order valence-electron chi connectivity index (χ0n) is 21.6. The van der Waals surface area contributed by atoms with Gasteiger partial charge in [0.2, 0.25) is 5.75 Å². The zero-order chi connectivity index (χ0) is 27.1. The minimum absolute atomic E-state index is 0.00773. The van der Waals surface area contributed by atoms with Gasteiger partial charge in [-0.3, -0.25) is 10.0 Å². The number of fused-ring (bicyclic) bond motifs is 1. The van der Waals surface area contributed by atoms with Gasteiger partial charge >= 0.3 is 6.03 Å². The molecule has 4 rings (SSSR count). The summed E-state index contributed by atoms with van der Waals surface area (Å²) < 4.78 is 21.6. The van der Waals surface area contributed by atoms with Gasteiger partial charge in [-0.2, -0.15) is 0 Å². The molecule has 10 heteroatoms. The lowest BCUT2D eigenvalue weighted by molar-refractivity contribution is -0.0444. The van der Waals surface area contributed by atoms with Crippen LogP contribution >= 0.6 is 0 Å². The van der Waals surface area contributed by atoms with Gasteiger partial charge in [-0.25, -0.2) is 9.86 Å². The predicted octanol–water partition coefficient (Wildman–Crippen LogP) is 4.21. The van der Waals surface area contributed by atoms with E-state index in [-0.39, 0.29) is 19.1 Å². The van der Waals surface area contributed by atoms with Gasteiger partial charge in [-0.1, -0.05) is 30.3 Å². The maximum atomic E-state index is 13.0. The molecule has 0 aromatic heterocycles. The number of benzene rings is 3. The number of hydroxylamine groups is 2. The molecule has 1 aliphatic heterocycles. The fourth-order valence-electron chi connectivity index (χ4n) is 4.25. The molecule has 200 valence electrons. The van der Waals surface area contributed by atoms with Crippen LogP contribution in [0.5, 0.6) is 23.0 Å². The van der Waals surface area contributed by atoms with Crippen LogP contribution in [0, 0.1) is 0 Å². The molecule has 0 aliphatic carbocycles. The SMILES string of the molecule is COc1cc(NC(=O)N(O)CCOc2ccc3c(c2)CCN(Cc2ccccc2)C3=O)cc(OC)c1OC. The summed E-state index contributed by atoms with van der Waals surface area (Å²) >= 11 is 0. The van der Waals surface area contributed by atoms with E-state index in [0.29, 0.717) is 58.8 Å². The Morgan fingerprint density at radius 3 is 2.37 bits per heavy atom. The van der Waals surface area contributed by atoms with Crippen molar-refractivity contribution in [1.29, 1.82) is 0 Å². The number of hydrogen-bond donors (Lipinski definition) is 2. The molecule has 1 aliphatic rings. The molecule has 0 unspecified atom stereocenters. The van der Waals surface area contributed by atoms with Gasteiger partial charge in [-0.15, -0.1) is 0 Å². The van der Waals surface area contributed by atoms with Crippen molar-refractivity contribution in [3.8, 4) is 23.0 Å². The molecular weight excluding hydrogens is 490 g/mol. The lowest BCUT2D eigenvalue weighted by atomic mass is 9.98. The molecule has 0 spiro atoms. The summed E-state index contributed by atoms with van der Waals surface area (Å²) in [5, 5.41) is 13.3. The lowest BCUT2D eigenvalue weighted by Crippen LogP contribution is -2.37. The normalized spacial score (nSPS) is 12.4. The van der Waals surface area contributed by atoms with Gasteiger partial charge in [0.05, 0.1) is 33.6 Å². The fraction of sp³-hybridized carbons (Fsp3) is 0.286. The quantitative estimate of drug-likeness (QED) is 0.304. The minimum atomic E-state index is -0.752. The summed E-state index contributed by atoms with van der Waals surface area (Å²) in [5.41, 5.74) is 3.02. The number of rotatable bonds is 10. The van der Waals surface area contributed by atoms with Crippen molar-refractivity contribution in [2.75, 3.05) is 46.3 Å². The van der Waals surface area contributed by atoms with Crippen molar-refractivity contribution in [1.82, 2.24) is 9.96 Å². The number of carbonyl (C=O) groups excluding carboxylic acids is 2. The van der Waals surface area contributed by atoms with Gasteiger partial charge in [0, 0.05) is 30.8 Å². The van der Waals surface area contributed by atoms with E-state index < -0.39 is 6.03 Å². The second kappa shape index (κ2) is 12.2. The lowest BCUT2D eigenvalue weighted by Gasteiger charge is -2.29. The van der Waals surface area contributed by atoms with Crippen molar-refractivity contribution < 1.29 is 33.7 Å². The number of carbonyl (C=O) groups is 2. The highest BCUT2D eigenvalue weighted by atomic mass is 16.5. The first-order valence-corrected chi connectivity index (χ1v) is 12.1. The minimum Gasteiger partial charge on any atom is -0.493 e. The Balaban J connectivity index is 1.30. The highest BCUT2D eigenvalue weighted by Crippen LogP contribution is 2.40. The van der Waals surface area contributed by atoms with E-state index in [1.165, 1.54) is 21.3 Å². The number of nitrogens with zero attached hydrogens (tertiary/aromatic N) is 2. The van der Waals surface area contributed by atoms with Crippen molar-refractivity contribution in [2.24, 2.45) is 0 Å². The van der Waals surface area contributed by atoms with E-state index >= 15 is 0 Å². The van der Waals surface area contributed by atoms with Crippen LogP contribution in [-0.2, 0) is 13.0 Å². The van der Waals surface area contributed by atoms with E-state index in [9.17, 15) is 14.8 Å². The molecule has 3 amide bonds. The van der Waals surface area contributed by atoms with Crippen LogP contribution < -0.4 is 24.3 Å². The van der Waals surface area contributed by atoms with Crippen molar-refractivity contribution in [3.63, 3.8) is 0 Å². The predicted molar refractivity (Wildman–Crippen MR) is 140 cm³/mol. The third-order valence-corrected chi connectivity index (χ3v) is 6.18. The van der Waals surface area contributed by atoms with Crippen LogP contribution in [0.3, 0.4) is 0 Å². The van der Waals surface area contributed by atoms with Crippen molar-refractivity contribution in [2.45, 2.75) is 13.0 Å². The third-order valence-electron chi connectivity index (χ3n) is 6.18. The number of amides is 3. The summed E-state index contributed by atoms with van der Waals surface area (Å²) in [6.45, 7) is 1.15. The maximum absolute atomic E-state index is 13.0. The number of urea groups is 1. The summed E-state index contributed by atoms with van der Waals surface area (Å²) in [7, 11) is 4.42. The van der Waals surface area contributed by atoms with E-state index in [4.69, 9.17) is 18.9 Å². The van der Waals surface area contributed by atoms with Crippen LogP contribution in [0.2, 0.25) is 0 Å². The first kappa shape index (κ1) is 26.6. The van der Waals surface area contributed by atoms with E-state index in [1.807, 2.05) is 41.3 Å². The molecule has 0 bridgehead atoms. The van der Waals surface area contributed by atoms with Crippen LogP contribution in [0.25, 0.3) is 0 Å². The molecule has 3 aromatic rings. The first-order chi connectivity index (χ1) is 18.4. The number of nitrogens with one attached hydrogen (secondary N) is 1. The molecule has 0 saturated heterocycles. The van der Waals surface area contributed by atoms with Crippen molar-refractivity contribution >= 4 is 17.6 Å². The zero-order valence-corrected chi connectivity index (χ0v) is 21.6. The molecule has 3 aromatic carbocycles. The standard InChI is InChI=1S/C28H31N3O7/c1-35-24-16-21(17-25(36-2)26(24)37-3)29-28(33)31(34)13-14-38-22-9-10-23-20(15-22)11-12-30(27(23)32)18-19-7-5-4-6-8-19/h4-10,15-17,34H,11-14,18H2,1-3H3,(H,29,33). The Morgan fingerprint density at radius 1 is 1.00 bits per heavy atom. The van der Waals surface area contributed by atoms with E-state index in [2.05, 4.69) is 5.32 Å². The Morgan fingerprint density at radius 2 is 1.71 bits per heavy atom. The third kappa shape index (κ3) is 6.09. The van der Waals surface area contributed by atoms with E-state index in [0.717, 1.165) is 11.1 Å². The Labute approximate surface area is 221 Å². The molecule has 0 atom stereocenters. The smallest absolute Gasteiger partial charge is 0.345 e. The molecular formula is C28H31N3O7. The second-order valence-corrected chi connectivity index (χ2v) is 8.60. The Hall–Kier alpha value is -4.44. The molecule has 38 heavy (non-hydrogen) atoms. The summed E-state index contributed by atoms with van der Waals surface area (Å²) in [6, 6.07) is 17.6. The molecule has 0 saturated carbocycles. The average Bonchev–Trinajstić information content (AvgIpc) is 2.94. The summed E-state index contributed by atoms with van der Waals surface area (Å²) in [6.07, 6.45) is 0.717. The summed E-state index contributed by atoms with van der Waals surface area (Å²) in [5.74, 6) is 1.67. The molecule has 2 N–H and O–H groups in total. The Bertz CT molecular complexity index is 1260.